The van der Waals surface area contributed by atoms with Crippen molar-refractivity contribution in [1.82, 2.24) is 0 Å². The van der Waals surface area contributed by atoms with Gasteiger partial charge in [-0.15, -0.1) is 13.2 Å². The van der Waals surface area contributed by atoms with E-state index in [1.54, 1.807) is 0 Å². The monoisotopic (exact) mass is 300 g/mol. The van der Waals surface area contributed by atoms with Crippen LogP contribution in [0.1, 0.15) is 64.2 Å². The van der Waals surface area contributed by atoms with Crippen LogP contribution in [0.4, 0.5) is 0 Å². The van der Waals surface area contributed by atoms with Gasteiger partial charge in [0.15, 0.2) is 7.38 Å². The van der Waals surface area contributed by atoms with Crippen molar-refractivity contribution in [2.45, 2.75) is 82.8 Å². The molecule has 0 saturated heterocycles. The van der Waals surface area contributed by atoms with Crippen molar-refractivity contribution in [3.8, 4) is 0 Å². The highest BCUT2D eigenvalue weighted by Crippen LogP contribution is 2.26. The molecule has 0 radical (unpaired) electrons. The average Bonchev–Trinajstić information content (AvgIpc) is 2.38. The lowest BCUT2D eigenvalue weighted by atomic mass is 10.1. The molecule has 0 heterocycles. The first-order valence-electron chi connectivity index (χ1n) is 8.03. The Bertz CT molecular complexity index is 201. The minimum atomic E-state index is -1.41. The van der Waals surface area contributed by atoms with E-state index >= 15 is 0 Å². The van der Waals surface area contributed by atoms with Crippen molar-refractivity contribution >= 4 is 18.5 Å². The molecule has 0 atom stereocenters. The summed E-state index contributed by atoms with van der Waals surface area (Å²) in [5.41, 5.74) is 0. The zero-order valence-electron chi connectivity index (χ0n) is 12.9. The number of hydrogen-bond acceptors (Lipinski definition) is 0. The van der Waals surface area contributed by atoms with Crippen LogP contribution in [-0.4, -0.2) is 7.38 Å². The summed E-state index contributed by atoms with van der Waals surface area (Å²) < 4.78 is 0. The van der Waals surface area contributed by atoms with E-state index < -0.39 is 7.38 Å². The molecule has 0 fully saturated rings. The number of halogens is 1. The summed E-state index contributed by atoms with van der Waals surface area (Å²) in [6.07, 6.45) is 17.0. The molecule has 0 aliphatic carbocycles. The van der Waals surface area contributed by atoms with Gasteiger partial charge in [-0.05, 0) is 37.8 Å². The number of rotatable bonds is 14. The van der Waals surface area contributed by atoms with Gasteiger partial charge in [-0.1, -0.05) is 57.2 Å². The van der Waals surface area contributed by atoms with Gasteiger partial charge in [0, 0.05) is 0 Å². The minimum absolute atomic E-state index is 1.17. The van der Waals surface area contributed by atoms with Gasteiger partial charge >= 0.3 is 0 Å². The minimum Gasteiger partial charge on any atom is -0.167 e. The Hall–Kier alpha value is -0.0131. The van der Waals surface area contributed by atoms with Crippen molar-refractivity contribution in [3.05, 3.63) is 25.3 Å². The summed E-state index contributed by atoms with van der Waals surface area (Å²) in [5.74, 6) is 0. The van der Waals surface area contributed by atoms with Gasteiger partial charge in [0.2, 0.25) is 0 Å². The van der Waals surface area contributed by atoms with Crippen LogP contribution >= 0.6 is 11.1 Å². The topological polar surface area (TPSA) is 0 Å². The Kier molecular flexibility index (Phi) is 13.0. The fourth-order valence-electron chi connectivity index (χ4n) is 2.40. The van der Waals surface area contributed by atoms with E-state index in [0.717, 1.165) is 0 Å². The second kappa shape index (κ2) is 13.0. The van der Waals surface area contributed by atoms with Crippen LogP contribution in [0.25, 0.3) is 0 Å². The van der Waals surface area contributed by atoms with Crippen LogP contribution in [0.3, 0.4) is 0 Å². The molecular formula is C17H33ClSi. The van der Waals surface area contributed by atoms with Gasteiger partial charge in [0.05, 0.1) is 0 Å². The van der Waals surface area contributed by atoms with Gasteiger partial charge < -0.3 is 0 Å². The molecule has 0 amide bonds. The molecule has 0 aromatic carbocycles. The van der Waals surface area contributed by atoms with E-state index in [4.69, 9.17) is 11.1 Å². The van der Waals surface area contributed by atoms with Crippen molar-refractivity contribution in [1.29, 1.82) is 0 Å². The SMILES string of the molecule is C=CCCCCCC[Si](C)(Cl)CCCCCCC=C. The maximum atomic E-state index is 6.72. The molecule has 0 N–H and O–H groups in total. The highest BCUT2D eigenvalue weighted by atomic mass is 35.6. The zero-order valence-corrected chi connectivity index (χ0v) is 14.7. The Morgan fingerprint density at radius 1 is 0.737 bits per heavy atom. The Balaban J connectivity index is 3.41. The summed E-state index contributed by atoms with van der Waals surface area (Å²) in [7, 11) is -1.41. The molecule has 0 aromatic rings. The normalized spacial score (nSPS) is 11.5. The van der Waals surface area contributed by atoms with Crippen LogP contribution in [0.5, 0.6) is 0 Å². The van der Waals surface area contributed by atoms with E-state index in [1.807, 2.05) is 12.2 Å². The number of hydrogen-bond donors (Lipinski definition) is 0. The Labute approximate surface area is 127 Å². The lowest BCUT2D eigenvalue weighted by Gasteiger charge is -2.19. The van der Waals surface area contributed by atoms with Crippen molar-refractivity contribution in [2.24, 2.45) is 0 Å². The van der Waals surface area contributed by atoms with E-state index in [0.29, 0.717) is 0 Å². The summed E-state index contributed by atoms with van der Waals surface area (Å²) in [4.78, 5) is 0. The van der Waals surface area contributed by atoms with Crippen LogP contribution in [0, 0.1) is 0 Å². The molecule has 2 heteroatoms. The first kappa shape index (κ1) is 19.0. The molecule has 0 rings (SSSR count). The molecule has 0 aromatic heterocycles. The first-order chi connectivity index (χ1) is 9.12. The number of allylic oxidation sites excluding steroid dienone is 2. The molecule has 0 unspecified atom stereocenters. The molecule has 19 heavy (non-hydrogen) atoms. The molecule has 0 aliphatic heterocycles. The summed E-state index contributed by atoms with van der Waals surface area (Å²) in [5, 5.41) is 0. The highest BCUT2D eigenvalue weighted by Gasteiger charge is 2.22. The lowest BCUT2D eigenvalue weighted by Crippen LogP contribution is -2.21. The van der Waals surface area contributed by atoms with E-state index in [9.17, 15) is 0 Å². The second-order valence-electron chi connectivity index (χ2n) is 5.90. The predicted octanol–water partition coefficient (Wildman–Crippen LogP) is 7.07. The fraction of sp³-hybridized carbons (Fsp3) is 0.765. The molecular weight excluding hydrogens is 268 g/mol. The zero-order chi connectivity index (χ0) is 14.4. The van der Waals surface area contributed by atoms with Gasteiger partial charge in [0.1, 0.15) is 0 Å². The van der Waals surface area contributed by atoms with Crippen molar-refractivity contribution in [2.75, 3.05) is 0 Å². The number of unbranched alkanes of at least 4 members (excludes halogenated alkanes) is 8. The Morgan fingerprint density at radius 3 is 1.47 bits per heavy atom. The third-order valence-electron chi connectivity index (χ3n) is 3.71. The van der Waals surface area contributed by atoms with Crippen molar-refractivity contribution < 1.29 is 0 Å². The Morgan fingerprint density at radius 2 is 1.11 bits per heavy atom. The second-order valence-corrected chi connectivity index (χ2v) is 12.5. The van der Waals surface area contributed by atoms with Crippen LogP contribution in [-0.2, 0) is 0 Å². The third kappa shape index (κ3) is 14.2. The van der Waals surface area contributed by atoms with Crippen LogP contribution < -0.4 is 0 Å². The molecule has 112 valence electrons. The fourth-order valence-corrected chi connectivity index (χ4v) is 5.42. The standard InChI is InChI=1S/C17H33ClSi/c1-4-6-8-10-12-14-16-19(3,18)17-15-13-11-9-7-5-2/h4-5H,1-2,6-17H2,3H3. The molecule has 0 saturated carbocycles. The van der Waals surface area contributed by atoms with Gasteiger partial charge in [-0.25, -0.2) is 0 Å². The lowest BCUT2D eigenvalue weighted by molar-refractivity contribution is 0.661. The van der Waals surface area contributed by atoms with Gasteiger partial charge in [0.25, 0.3) is 0 Å². The van der Waals surface area contributed by atoms with E-state index in [1.165, 1.54) is 76.3 Å². The van der Waals surface area contributed by atoms with E-state index in [-0.39, 0.29) is 0 Å². The maximum Gasteiger partial charge on any atom is 0.153 e. The first-order valence-corrected chi connectivity index (χ1v) is 12.0. The maximum absolute atomic E-state index is 6.72. The predicted molar refractivity (Wildman–Crippen MR) is 93.6 cm³/mol. The molecule has 0 nitrogen and oxygen atoms in total. The third-order valence-corrected chi connectivity index (χ3v) is 7.64. The highest BCUT2D eigenvalue weighted by molar-refractivity contribution is 7.19. The van der Waals surface area contributed by atoms with Crippen molar-refractivity contribution in [3.63, 3.8) is 0 Å². The van der Waals surface area contributed by atoms with E-state index in [2.05, 4.69) is 19.7 Å². The smallest absolute Gasteiger partial charge is 0.153 e. The summed E-state index contributed by atoms with van der Waals surface area (Å²) >= 11 is 6.72. The summed E-state index contributed by atoms with van der Waals surface area (Å²) in [6.45, 7) is 9.87. The van der Waals surface area contributed by atoms with Crippen LogP contribution in [0.2, 0.25) is 18.6 Å². The quantitative estimate of drug-likeness (QED) is 0.139. The van der Waals surface area contributed by atoms with Gasteiger partial charge in [-0.3, -0.25) is 0 Å². The van der Waals surface area contributed by atoms with Gasteiger partial charge in [-0.2, -0.15) is 11.1 Å². The molecule has 0 bridgehead atoms. The van der Waals surface area contributed by atoms with Crippen LogP contribution in [0.15, 0.2) is 25.3 Å². The average molecular weight is 301 g/mol. The largest absolute Gasteiger partial charge is 0.167 e. The summed E-state index contributed by atoms with van der Waals surface area (Å²) in [6, 6.07) is 2.60. The molecule has 0 aliphatic rings. The molecule has 0 spiro atoms.